The number of fused-ring (bicyclic) bond motifs is 1. The van der Waals surface area contributed by atoms with E-state index < -0.39 is 0 Å². The van der Waals surface area contributed by atoms with Crippen molar-refractivity contribution in [3.8, 4) is 0 Å². The summed E-state index contributed by atoms with van der Waals surface area (Å²) in [5, 5.41) is 1.32. The van der Waals surface area contributed by atoms with E-state index in [1.54, 1.807) is 12.5 Å². The van der Waals surface area contributed by atoms with E-state index in [9.17, 15) is 0 Å². The Hall–Kier alpha value is -1.22. The van der Waals surface area contributed by atoms with Gasteiger partial charge in [-0.25, -0.2) is 4.98 Å². The summed E-state index contributed by atoms with van der Waals surface area (Å²) in [6.45, 7) is 1.85. The first kappa shape index (κ1) is 9.04. The fourth-order valence-electron chi connectivity index (χ4n) is 2.04. The molecule has 1 saturated heterocycles. The van der Waals surface area contributed by atoms with Gasteiger partial charge in [0, 0.05) is 19.3 Å². The van der Waals surface area contributed by atoms with Crippen molar-refractivity contribution in [2.75, 3.05) is 18.0 Å². The SMILES string of the molecule is ClC1CCN(c2nccc3occc23)C1. The molecule has 4 heteroatoms. The Morgan fingerprint density at radius 3 is 3.20 bits per heavy atom. The molecule has 0 N–H and O–H groups in total. The number of halogens is 1. The molecular weight excluding hydrogens is 212 g/mol. The standard InChI is InChI=1S/C11H11ClN2O/c12-8-2-5-14(7-8)11-9-3-6-15-10(9)1-4-13-11/h1,3-4,6,8H,2,5,7H2. The summed E-state index contributed by atoms with van der Waals surface area (Å²) in [4.78, 5) is 6.62. The Morgan fingerprint density at radius 1 is 1.47 bits per heavy atom. The normalized spacial score (nSPS) is 21.4. The predicted molar refractivity (Wildman–Crippen MR) is 60.5 cm³/mol. The Labute approximate surface area is 92.6 Å². The van der Waals surface area contributed by atoms with Gasteiger partial charge in [0.25, 0.3) is 0 Å². The van der Waals surface area contributed by atoms with Gasteiger partial charge in [-0.2, -0.15) is 0 Å². The van der Waals surface area contributed by atoms with Crippen molar-refractivity contribution in [2.24, 2.45) is 0 Å². The highest BCUT2D eigenvalue weighted by molar-refractivity contribution is 6.21. The number of hydrogen-bond donors (Lipinski definition) is 0. The topological polar surface area (TPSA) is 29.3 Å². The summed E-state index contributed by atoms with van der Waals surface area (Å²) < 4.78 is 5.35. The zero-order valence-corrected chi connectivity index (χ0v) is 8.94. The molecule has 15 heavy (non-hydrogen) atoms. The molecule has 1 aliphatic heterocycles. The minimum absolute atomic E-state index is 0.244. The summed E-state index contributed by atoms with van der Waals surface area (Å²) in [6.07, 6.45) is 4.50. The van der Waals surface area contributed by atoms with Crippen LogP contribution >= 0.6 is 11.6 Å². The lowest BCUT2D eigenvalue weighted by Crippen LogP contribution is -2.20. The molecule has 0 aromatic carbocycles. The molecule has 0 bridgehead atoms. The van der Waals surface area contributed by atoms with Crippen LogP contribution in [0, 0.1) is 0 Å². The van der Waals surface area contributed by atoms with Crippen molar-refractivity contribution < 1.29 is 4.42 Å². The lowest BCUT2D eigenvalue weighted by molar-refractivity contribution is 0.615. The molecule has 3 heterocycles. The highest BCUT2D eigenvalue weighted by Gasteiger charge is 2.23. The molecule has 2 aromatic heterocycles. The molecule has 2 aromatic rings. The van der Waals surface area contributed by atoms with Gasteiger partial charge >= 0.3 is 0 Å². The van der Waals surface area contributed by atoms with Gasteiger partial charge in [0.2, 0.25) is 0 Å². The molecule has 3 rings (SSSR count). The first-order valence-electron chi connectivity index (χ1n) is 5.06. The maximum atomic E-state index is 6.09. The molecular formula is C11H11ClN2O. The number of nitrogens with zero attached hydrogens (tertiary/aromatic N) is 2. The average Bonchev–Trinajstić information content (AvgIpc) is 2.84. The second kappa shape index (κ2) is 3.42. The van der Waals surface area contributed by atoms with E-state index in [2.05, 4.69) is 9.88 Å². The zero-order valence-electron chi connectivity index (χ0n) is 8.19. The summed E-state index contributed by atoms with van der Waals surface area (Å²) >= 11 is 6.09. The van der Waals surface area contributed by atoms with Crippen molar-refractivity contribution in [1.29, 1.82) is 0 Å². The highest BCUT2D eigenvalue weighted by atomic mass is 35.5. The number of anilines is 1. The van der Waals surface area contributed by atoms with Gasteiger partial charge in [0.05, 0.1) is 17.0 Å². The van der Waals surface area contributed by atoms with Crippen LogP contribution < -0.4 is 4.90 Å². The molecule has 78 valence electrons. The van der Waals surface area contributed by atoms with Crippen LogP contribution in [0.1, 0.15) is 6.42 Å². The van der Waals surface area contributed by atoms with Gasteiger partial charge in [-0.3, -0.25) is 0 Å². The molecule has 0 radical (unpaired) electrons. The van der Waals surface area contributed by atoms with Crippen LogP contribution in [0.15, 0.2) is 29.0 Å². The van der Waals surface area contributed by atoms with Gasteiger partial charge in [-0.15, -0.1) is 11.6 Å². The van der Waals surface area contributed by atoms with Crippen LogP contribution in [0.2, 0.25) is 0 Å². The number of rotatable bonds is 1. The van der Waals surface area contributed by atoms with Crippen molar-refractivity contribution >= 4 is 28.4 Å². The minimum atomic E-state index is 0.244. The van der Waals surface area contributed by atoms with E-state index in [1.165, 1.54) is 0 Å². The summed E-state index contributed by atoms with van der Waals surface area (Å²) in [5.41, 5.74) is 0.887. The first-order chi connectivity index (χ1) is 7.34. The Morgan fingerprint density at radius 2 is 2.40 bits per heavy atom. The van der Waals surface area contributed by atoms with E-state index in [-0.39, 0.29) is 5.38 Å². The van der Waals surface area contributed by atoms with Gasteiger partial charge in [-0.1, -0.05) is 0 Å². The lowest BCUT2D eigenvalue weighted by atomic mass is 10.3. The summed E-state index contributed by atoms with van der Waals surface area (Å²) in [6, 6.07) is 3.84. The number of aromatic nitrogens is 1. The third-order valence-electron chi connectivity index (χ3n) is 2.79. The van der Waals surface area contributed by atoms with Gasteiger partial charge in [0.15, 0.2) is 0 Å². The van der Waals surface area contributed by atoms with E-state index in [0.29, 0.717) is 0 Å². The minimum Gasteiger partial charge on any atom is -0.464 e. The van der Waals surface area contributed by atoms with E-state index >= 15 is 0 Å². The predicted octanol–water partition coefficient (Wildman–Crippen LogP) is 2.65. The highest BCUT2D eigenvalue weighted by Crippen LogP contribution is 2.28. The number of alkyl halides is 1. The van der Waals surface area contributed by atoms with E-state index in [4.69, 9.17) is 16.0 Å². The molecule has 1 atom stereocenters. The quantitative estimate of drug-likeness (QED) is 0.695. The van der Waals surface area contributed by atoms with E-state index in [1.807, 2.05) is 12.1 Å². The molecule has 0 amide bonds. The summed E-state index contributed by atoms with van der Waals surface area (Å²) in [5.74, 6) is 0.990. The van der Waals surface area contributed by atoms with Crippen LogP contribution in [0.25, 0.3) is 11.0 Å². The average molecular weight is 223 g/mol. The van der Waals surface area contributed by atoms with Crippen LogP contribution in [-0.4, -0.2) is 23.5 Å². The van der Waals surface area contributed by atoms with Gasteiger partial charge < -0.3 is 9.32 Å². The van der Waals surface area contributed by atoms with Crippen LogP contribution in [-0.2, 0) is 0 Å². The Bertz CT molecular complexity index is 482. The van der Waals surface area contributed by atoms with Crippen molar-refractivity contribution in [3.05, 3.63) is 24.6 Å². The second-order valence-electron chi connectivity index (χ2n) is 3.80. The maximum Gasteiger partial charge on any atom is 0.139 e. The van der Waals surface area contributed by atoms with Crippen LogP contribution in [0.5, 0.6) is 0 Å². The number of furan rings is 1. The Balaban J connectivity index is 2.06. The molecule has 1 aliphatic rings. The smallest absolute Gasteiger partial charge is 0.139 e. The van der Waals surface area contributed by atoms with Crippen molar-refractivity contribution in [3.63, 3.8) is 0 Å². The zero-order chi connectivity index (χ0) is 10.3. The fourth-order valence-corrected chi connectivity index (χ4v) is 2.31. The van der Waals surface area contributed by atoms with Crippen molar-refractivity contribution in [2.45, 2.75) is 11.8 Å². The fraction of sp³-hybridized carbons (Fsp3) is 0.364. The lowest BCUT2D eigenvalue weighted by Gasteiger charge is -2.16. The molecule has 0 aliphatic carbocycles. The van der Waals surface area contributed by atoms with Crippen LogP contribution in [0.3, 0.4) is 0 Å². The maximum absolute atomic E-state index is 6.09. The third kappa shape index (κ3) is 1.47. The van der Waals surface area contributed by atoms with E-state index in [0.717, 1.165) is 36.3 Å². The third-order valence-corrected chi connectivity index (χ3v) is 3.15. The summed E-state index contributed by atoms with van der Waals surface area (Å²) in [7, 11) is 0. The Kier molecular flexibility index (Phi) is 2.06. The first-order valence-corrected chi connectivity index (χ1v) is 5.49. The molecule has 0 saturated carbocycles. The second-order valence-corrected chi connectivity index (χ2v) is 4.42. The van der Waals surface area contributed by atoms with Crippen LogP contribution in [0.4, 0.5) is 5.82 Å². The van der Waals surface area contributed by atoms with Gasteiger partial charge in [-0.05, 0) is 18.6 Å². The largest absolute Gasteiger partial charge is 0.464 e. The molecule has 3 nitrogen and oxygen atoms in total. The van der Waals surface area contributed by atoms with Gasteiger partial charge in [0.1, 0.15) is 11.4 Å². The molecule has 1 fully saturated rings. The molecule has 1 unspecified atom stereocenters. The molecule has 0 spiro atoms. The monoisotopic (exact) mass is 222 g/mol. The number of hydrogen-bond acceptors (Lipinski definition) is 3. The number of pyridine rings is 1. The van der Waals surface area contributed by atoms with Crippen molar-refractivity contribution in [1.82, 2.24) is 4.98 Å².